The van der Waals surface area contributed by atoms with E-state index in [2.05, 4.69) is 11.1 Å². The van der Waals surface area contributed by atoms with Gasteiger partial charge >= 0.3 is 0 Å². The first-order valence-electron chi connectivity index (χ1n) is 5.06. The molecule has 0 aliphatic heterocycles. The van der Waals surface area contributed by atoms with E-state index in [1.165, 1.54) is 6.20 Å². The zero-order chi connectivity index (χ0) is 11.5. The Morgan fingerprint density at radius 1 is 1.50 bits per heavy atom. The molecule has 0 fully saturated rings. The second-order valence-electron chi connectivity index (χ2n) is 3.73. The van der Waals surface area contributed by atoms with Crippen LogP contribution < -0.4 is 5.56 Å². The summed E-state index contributed by atoms with van der Waals surface area (Å²) in [6.45, 7) is 2.19. The molecule has 0 aliphatic carbocycles. The largest absolute Gasteiger partial charge is 0.304 e. The van der Waals surface area contributed by atoms with Gasteiger partial charge in [0.25, 0.3) is 5.56 Å². The van der Waals surface area contributed by atoms with Gasteiger partial charge in [0, 0.05) is 6.54 Å². The lowest BCUT2D eigenvalue weighted by atomic mass is 10.2. The summed E-state index contributed by atoms with van der Waals surface area (Å²) in [7, 11) is 0. The van der Waals surface area contributed by atoms with Crippen LogP contribution in [-0.2, 0) is 6.54 Å². The summed E-state index contributed by atoms with van der Waals surface area (Å²) in [5.41, 5.74) is 1.38. The van der Waals surface area contributed by atoms with Gasteiger partial charge in [-0.25, -0.2) is 4.98 Å². The number of aromatic nitrogens is 2. The van der Waals surface area contributed by atoms with E-state index in [4.69, 9.17) is 5.26 Å². The number of nitrogens with zero attached hydrogens (tertiary/aromatic N) is 3. The summed E-state index contributed by atoms with van der Waals surface area (Å²) in [5.74, 6) is -0.191. The van der Waals surface area contributed by atoms with Crippen LogP contribution >= 0.6 is 0 Å². The molecule has 0 radical (unpaired) electrons. The van der Waals surface area contributed by atoms with Gasteiger partial charge in [-0.15, -0.1) is 0 Å². The molecule has 1 unspecified atom stereocenters. The molecule has 0 saturated heterocycles. The predicted molar refractivity (Wildman–Crippen MR) is 60.8 cm³/mol. The highest BCUT2D eigenvalue weighted by molar-refractivity contribution is 5.74. The minimum atomic E-state index is -0.191. The molecule has 80 valence electrons. The van der Waals surface area contributed by atoms with Crippen LogP contribution in [-0.4, -0.2) is 9.55 Å². The highest BCUT2D eigenvalue weighted by atomic mass is 16.1. The van der Waals surface area contributed by atoms with Crippen molar-refractivity contribution in [3.05, 3.63) is 40.8 Å². The summed E-state index contributed by atoms with van der Waals surface area (Å²) in [6, 6.07) is 9.55. The van der Waals surface area contributed by atoms with Gasteiger partial charge < -0.3 is 4.57 Å². The van der Waals surface area contributed by atoms with Gasteiger partial charge in [-0.2, -0.15) is 5.26 Å². The standard InChI is InChI=1S/C12H11N3O/c1-9(6-13)8-15-11-5-3-2-4-10(11)14-7-12(15)16/h2-5,7,9H,8H2,1H3. The molecule has 1 aromatic heterocycles. The fraction of sp³-hybridized carbons (Fsp3) is 0.250. The second kappa shape index (κ2) is 4.15. The minimum Gasteiger partial charge on any atom is -0.304 e. The van der Waals surface area contributed by atoms with Crippen LogP contribution in [0, 0.1) is 17.2 Å². The molecule has 2 aromatic rings. The number of hydrogen-bond acceptors (Lipinski definition) is 3. The van der Waals surface area contributed by atoms with Crippen LogP contribution in [0.15, 0.2) is 35.3 Å². The van der Waals surface area contributed by atoms with Gasteiger partial charge in [0.2, 0.25) is 0 Å². The quantitative estimate of drug-likeness (QED) is 0.760. The van der Waals surface area contributed by atoms with E-state index >= 15 is 0 Å². The van der Waals surface area contributed by atoms with Crippen molar-refractivity contribution in [3.8, 4) is 6.07 Å². The average Bonchev–Trinajstić information content (AvgIpc) is 2.32. The molecule has 4 nitrogen and oxygen atoms in total. The zero-order valence-electron chi connectivity index (χ0n) is 8.92. The van der Waals surface area contributed by atoms with Crippen LogP contribution in [0.4, 0.5) is 0 Å². The lowest BCUT2D eigenvalue weighted by Gasteiger charge is -2.09. The average molecular weight is 213 g/mol. The van der Waals surface area contributed by atoms with E-state index in [9.17, 15) is 4.79 Å². The second-order valence-corrected chi connectivity index (χ2v) is 3.73. The van der Waals surface area contributed by atoms with Crippen LogP contribution in [0.3, 0.4) is 0 Å². The van der Waals surface area contributed by atoms with Crippen molar-refractivity contribution >= 4 is 11.0 Å². The number of nitriles is 1. The van der Waals surface area contributed by atoms with Crippen molar-refractivity contribution in [2.45, 2.75) is 13.5 Å². The molecule has 16 heavy (non-hydrogen) atoms. The number of benzene rings is 1. The Morgan fingerprint density at radius 2 is 2.25 bits per heavy atom. The van der Waals surface area contributed by atoms with Crippen LogP contribution in [0.25, 0.3) is 11.0 Å². The van der Waals surface area contributed by atoms with Gasteiger partial charge in [-0.1, -0.05) is 12.1 Å². The molecule has 2 rings (SSSR count). The SMILES string of the molecule is CC(C#N)Cn1c(=O)cnc2ccccc21. The summed E-state index contributed by atoms with van der Waals surface area (Å²) < 4.78 is 1.59. The van der Waals surface area contributed by atoms with Crippen molar-refractivity contribution in [3.63, 3.8) is 0 Å². The number of rotatable bonds is 2. The smallest absolute Gasteiger partial charge is 0.269 e. The van der Waals surface area contributed by atoms with E-state index in [0.717, 1.165) is 11.0 Å². The van der Waals surface area contributed by atoms with Crippen LogP contribution in [0.5, 0.6) is 0 Å². The van der Waals surface area contributed by atoms with E-state index in [1.807, 2.05) is 24.3 Å². The van der Waals surface area contributed by atoms with Gasteiger partial charge in [0.15, 0.2) is 0 Å². The maximum Gasteiger partial charge on any atom is 0.269 e. The van der Waals surface area contributed by atoms with Gasteiger partial charge in [-0.3, -0.25) is 4.79 Å². The fourth-order valence-electron chi connectivity index (χ4n) is 1.62. The van der Waals surface area contributed by atoms with Crippen molar-refractivity contribution in [1.82, 2.24) is 9.55 Å². The van der Waals surface area contributed by atoms with Gasteiger partial charge in [0.05, 0.1) is 29.2 Å². The molecule has 1 aromatic carbocycles. The highest BCUT2D eigenvalue weighted by Crippen LogP contribution is 2.09. The van der Waals surface area contributed by atoms with E-state index < -0.39 is 0 Å². The number of fused-ring (bicyclic) bond motifs is 1. The Bertz CT molecular complexity index is 609. The fourth-order valence-corrected chi connectivity index (χ4v) is 1.62. The molecule has 0 amide bonds. The molecule has 1 heterocycles. The van der Waals surface area contributed by atoms with Gasteiger partial charge in [0.1, 0.15) is 0 Å². The molecule has 4 heteroatoms. The van der Waals surface area contributed by atoms with E-state index in [1.54, 1.807) is 11.5 Å². The molecular formula is C12H11N3O. The third kappa shape index (κ3) is 1.80. The Kier molecular flexibility index (Phi) is 2.69. The minimum absolute atomic E-state index is 0.166. The van der Waals surface area contributed by atoms with Crippen LogP contribution in [0.2, 0.25) is 0 Å². The van der Waals surface area contributed by atoms with Crippen molar-refractivity contribution in [2.24, 2.45) is 5.92 Å². The highest BCUT2D eigenvalue weighted by Gasteiger charge is 2.07. The Hall–Kier alpha value is -2.15. The molecule has 0 bridgehead atoms. The molecule has 1 atom stereocenters. The summed E-state index contributed by atoms with van der Waals surface area (Å²) >= 11 is 0. The molecule has 0 spiro atoms. The molecule has 0 N–H and O–H groups in total. The summed E-state index contributed by atoms with van der Waals surface area (Å²) in [4.78, 5) is 15.7. The first-order valence-corrected chi connectivity index (χ1v) is 5.06. The monoisotopic (exact) mass is 213 g/mol. The Morgan fingerprint density at radius 3 is 3.00 bits per heavy atom. The summed E-state index contributed by atoms with van der Waals surface area (Å²) in [5, 5.41) is 8.78. The Balaban J connectivity index is 2.63. The normalized spacial score (nSPS) is 12.2. The zero-order valence-corrected chi connectivity index (χ0v) is 8.92. The number of para-hydroxylation sites is 2. The third-order valence-electron chi connectivity index (χ3n) is 2.43. The maximum absolute atomic E-state index is 11.7. The number of hydrogen-bond donors (Lipinski definition) is 0. The van der Waals surface area contributed by atoms with E-state index in [0.29, 0.717) is 6.54 Å². The maximum atomic E-state index is 11.7. The lowest BCUT2D eigenvalue weighted by molar-refractivity contribution is 0.578. The topological polar surface area (TPSA) is 58.7 Å². The predicted octanol–water partition coefficient (Wildman–Crippen LogP) is 1.56. The first kappa shape index (κ1) is 10.4. The molecule has 0 aliphatic rings. The van der Waals surface area contributed by atoms with Crippen molar-refractivity contribution in [1.29, 1.82) is 5.26 Å². The van der Waals surface area contributed by atoms with Gasteiger partial charge in [-0.05, 0) is 19.1 Å². The first-order chi connectivity index (χ1) is 7.72. The Labute approximate surface area is 92.8 Å². The van der Waals surface area contributed by atoms with Crippen molar-refractivity contribution < 1.29 is 0 Å². The summed E-state index contributed by atoms with van der Waals surface area (Å²) in [6.07, 6.45) is 1.30. The lowest BCUT2D eigenvalue weighted by Crippen LogP contribution is -2.23. The van der Waals surface area contributed by atoms with Crippen molar-refractivity contribution in [2.75, 3.05) is 0 Å². The van der Waals surface area contributed by atoms with Crippen LogP contribution in [0.1, 0.15) is 6.92 Å². The third-order valence-corrected chi connectivity index (χ3v) is 2.43. The molecule has 0 saturated carbocycles. The van der Waals surface area contributed by atoms with E-state index in [-0.39, 0.29) is 11.5 Å². The molecular weight excluding hydrogens is 202 g/mol.